The van der Waals surface area contributed by atoms with Crippen LogP contribution in [0.4, 0.5) is 0 Å². The molecule has 0 aliphatic heterocycles. The van der Waals surface area contributed by atoms with Crippen LogP contribution in [0.2, 0.25) is 0 Å². The maximum atomic E-state index is 11.2. The van der Waals surface area contributed by atoms with Crippen molar-refractivity contribution in [1.82, 2.24) is 0 Å². The number of esters is 2. The van der Waals surface area contributed by atoms with E-state index in [1.165, 1.54) is 25.3 Å². The average molecular weight is 254 g/mol. The lowest BCUT2D eigenvalue weighted by Gasteiger charge is -2.12. The summed E-state index contributed by atoms with van der Waals surface area (Å²) in [6, 6.07) is 4.39. The van der Waals surface area contributed by atoms with Crippen LogP contribution in [-0.2, 0) is 25.5 Å². The molecule has 6 nitrogen and oxygen atoms in total. The molecule has 0 spiro atoms. The van der Waals surface area contributed by atoms with Gasteiger partial charge in [-0.25, -0.2) is 4.79 Å². The second kappa shape index (κ2) is 6.02. The van der Waals surface area contributed by atoms with Crippen molar-refractivity contribution in [2.24, 2.45) is 0 Å². The average Bonchev–Trinajstić information content (AvgIpc) is 2.39. The van der Waals surface area contributed by atoms with E-state index in [1.807, 2.05) is 0 Å². The molecule has 0 aromatic heterocycles. The predicted molar refractivity (Wildman–Crippen MR) is 60.8 cm³/mol. The number of benzene rings is 1. The van der Waals surface area contributed by atoms with Crippen LogP contribution in [0.25, 0.3) is 0 Å². The Morgan fingerprint density at radius 2 is 1.94 bits per heavy atom. The van der Waals surface area contributed by atoms with Crippen molar-refractivity contribution in [2.45, 2.75) is 12.5 Å². The Bertz CT molecular complexity index is 454. The third-order valence-electron chi connectivity index (χ3n) is 2.43. The highest BCUT2D eigenvalue weighted by Crippen LogP contribution is 2.29. The molecule has 0 heterocycles. The molecule has 0 bridgehead atoms. The maximum Gasteiger partial charge on any atom is 0.339 e. The van der Waals surface area contributed by atoms with Gasteiger partial charge in [-0.1, -0.05) is 18.2 Å². The summed E-state index contributed by atoms with van der Waals surface area (Å²) < 4.78 is 8.85. The molecule has 6 heteroatoms. The van der Waals surface area contributed by atoms with E-state index in [1.54, 1.807) is 0 Å². The molecule has 1 aromatic rings. The number of rotatable bonds is 4. The van der Waals surface area contributed by atoms with Crippen molar-refractivity contribution in [3.63, 3.8) is 0 Å². The summed E-state index contributed by atoms with van der Waals surface area (Å²) in [6.45, 7) is 0. The molecule has 0 aliphatic carbocycles. The lowest BCUT2D eigenvalue weighted by Crippen LogP contribution is -2.14. The fourth-order valence-electron chi connectivity index (χ4n) is 1.44. The van der Waals surface area contributed by atoms with Crippen molar-refractivity contribution in [2.75, 3.05) is 14.2 Å². The van der Waals surface area contributed by atoms with Gasteiger partial charge in [0, 0.05) is 11.1 Å². The largest absolute Gasteiger partial charge is 0.507 e. The van der Waals surface area contributed by atoms with Crippen LogP contribution in [0, 0.1) is 0 Å². The fraction of sp³-hybridized carbons (Fsp3) is 0.333. The number of carbonyl (C=O) groups excluding carboxylic acids is 2. The minimum absolute atomic E-state index is 0.0109. The highest BCUT2D eigenvalue weighted by Gasteiger charge is 2.23. The number of para-hydroxylation sites is 1. The van der Waals surface area contributed by atoms with E-state index in [2.05, 4.69) is 9.47 Å². The number of aromatic hydroxyl groups is 1. The van der Waals surface area contributed by atoms with E-state index in [4.69, 9.17) is 0 Å². The quantitative estimate of drug-likeness (QED) is 0.751. The number of carbonyl (C=O) groups is 2. The summed E-state index contributed by atoms with van der Waals surface area (Å²) in [5, 5.41) is 19.5. The zero-order valence-corrected chi connectivity index (χ0v) is 10.0. The molecule has 1 atom stereocenters. The Balaban J connectivity index is 3.05. The topological polar surface area (TPSA) is 93.1 Å². The van der Waals surface area contributed by atoms with Crippen molar-refractivity contribution in [3.8, 4) is 5.75 Å². The van der Waals surface area contributed by atoms with Crippen LogP contribution in [0.3, 0.4) is 0 Å². The van der Waals surface area contributed by atoms with Gasteiger partial charge in [0.1, 0.15) is 5.75 Å². The Morgan fingerprint density at radius 1 is 1.28 bits per heavy atom. The standard InChI is InChI=1S/C12H14O6/c1-17-9(13)6-7-4-3-5-8(10(7)14)11(15)12(16)18-2/h3-5,11,14-15H,6H2,1-2H3. The molecule has 2 N–H and O–H groups in total. The first-order chi connectivity index (χ1) is 8.51. The summed E-state index contributed by atoms with van der Waals surface area (Å²) in [7, 11) is 2.35. The second-order valence-electron chi connectivity index (χ2n) is 3.53. The first-order valence-electron chi connectivity index (χ1n) is 5.14. The number of ether oxygens (including phenoxy) is 2. The Hall–Kier alpha value is -2.08. The van der Waals surface area contributed by atoms with Crippen LogP contribution in [0.15, 0.2) is 18.2 Å². The van der Waals surface area contributed by atoms with Crippen LogP contribution in [0.1, 0.15) is 17.2 Å². The Labute approximate surface area is 104 Å². The number of aliphatic hydroxyl groups is 1. The normalized spacial score (nSPS) is 11.7. The van der Waals surface area contributed by atoms with Crippen molar-refractivity contribution >= 4 is 11.9 Å². The van der Waals surface area contributed by atoms with Gasteiger partial charge in [-0.15, -0.1) is 0 Å². The van der Waals surface area contributed by atoms with Crippen LogP contribution in [-0.4, -0.2) is 36.4 Å². The number of phenols is 1. The van der Waals surface area contributed by atoms with E-state index in [-0.39, 0.29) is 23.3 Å². The molecule has 0 fully saturated rings. The van der Waals surface area contributed by atoms with E-state index in [0.717, 1.165) is 7.11 Å². The zero-order valence-electron chi connectivity index (χ0n) is 10.0. The summed E-state index contributed by atoms with van der Waals surface area (Å²) in [5.74, 6) is -1.74. The van der Waals surface area contributed by atoms with Crippen LogP contribution < -0.4 is 0 Å². The first-order valence-corrected chi connectivity index (χ1v) is 5.14. The molecule has 0 saturated heterocycles. The number of methoxy groups -OCH3 is 2. The summed E-state index contributed by atoms with van der Waals surface area (Å²) in [4.78, 5) is 22.3. The van der Waals surface area contributed by atoms with Gasteiger partial charge in [-0.3, -0.25) is 4.79 Å². The van der Waals surface area contributed by atoms with Gasteiger partial charge in [0.05, 0.1) is 20.6 Å². The molecule has 98 valence electrons. The molecule has 1 aromatic carbocycles. The van der Waals surface area contributed by atoms with E-state index >= 15 is 0 Å². The molecule has 0 amide bonds. The summed E-state index contributed by atoms with van der Waals surface area (Å²) in [5.41, 5.74) is 0.255. The third kappa shape index (κ3) is 2.98. The number of phenolic OH excluding ortho intramolecular Hbond substituents is 1. The lowest BCUT2D eigenvalue weighted by atomic mass is 10.0. The van der Waals surface area contributed by atoms with Gasteiger partial charge in [0.25, 0.3) is 0 Å². The summed E-state index contributed by atoms with van der Waals surface area (Å²) >= 11 is 0. The van der Waals surface area contributed by atoms with Gasteiger partial charge in [0.2, 0.25) is 0 Å². The van der Waals surface area contributed by atoms with E-state index in [9.17, 15) is 19.8 Å². The van der Waals surface area contributed by atoms with Gasteiger partial charge in [-0.2, -0.15) is 0 Å². The maximum absolute atomic E-state index is 11.2. The zero-order chi connectivity index (χ0) is 13.7. The first kappa shape index (κ1) is 14.0. The Morgan fingerprint density at radius 3 is 2.50 bits per heavy atom. The molecule has 1 unspecified atom stereocenters. The summed E-state index contributed by atoms with van der Waals surface area (Å²) in [6.07, 6.45) is -1.74. The van der Waals surface area contributed by atoms with Gasteiger partial charge in [0.15, 0.2) is 6.10 Å². The van der Waals surface area contributed by atoms with Crippen LogP contribution >= 0.6 is 0 Å². The van der Waals surface area contributed by atoms with E-state index in [0.29, 0.717) is 0 Å². The van der Waals surface area contributed by atoms with Gasteiger partial charge < -0.3 is 19.7 Å². The molecular weight excluding hydrogens is 240 g/mol. The lowest BCUT2D eigenvalue weighted by molar-refractivity contribution is -0.150. The van der Waals surface area contributed by atoms with E-state index < -0.39 is 18.0 Å². The van der Waals surface area contributed by atoms with Gasteiger partial charge >= 0.3 is 11.9 Å². The highest BCUT2D eigenvalue weighted by atomic mass is 16.5. The van der Waals surface area contributed by atoms with Crippen molar-refractivity contribution < 1.29 is 29.3 Å². The molecule has 18 heavy (non-hydrogen) atoms. The number of hydrogen-bond donors (Lipinski definition) is 2. The fourth-order valence-corrected chi connectivity index (χ4v) is 1.44. The van der Waals surface area contributed by atoms with Crippen molar-refractivity contribution in [3.05, 3.63) is 29.3 Å². The van der Waals surface area contributed by atoms with Crippen molar-refractivity contribution in [1.29, 1.82) is 0 Å². The SMILES string of the molecule is COC(=O)Cc1cccc(C(O)C(=O)OC)c1O. The molecule has 0 aliphatic rings. The molecule has 1 rings (SSSR count). The highest BCUT2D eigenvalue weighted by molar-refractivity contribution is 5.78. The second-order valence-corrected chi connectivity index (χ2v) is 3.53. The van der Waals surface area contributed by atoms with Gasteiger partial charge in [-0.05, 0) is 0 Å². The molecule has 0 saturated carbocycles. The predicted octanol–water partition coefficient (Wildman–Crippen LogP) is 0.314. The molecule has 0 radical (unpaired) electrons. The van der Waals surface area contributed by atoms with Crippen LogP contribution in [0.5, 0.6) is 5.75 Å². The smallest absolute Gasteiger partial charge is 0.339 e. The molecular formula is C12H14O6. The number of aliphatic hydroxyl groups excluding tert-OH is 1. The minimum atomic E-state index is -1.59. The Kier molecular flexibility index (Phi) is 4.67. The number of hydrogen-bond acceptors (Lipinski definition) is 6. The monoisotopic (exact) mass is 254 g/mol. The minimum Gasteiger partial charge on any atom is -0.507 e. The third-order valence-corrected chi connectivity index (χ3v) is 2.43.